The standard InChI is InChI=1S/C12H20N2O4S/c15-11(13-9-4-2-1-3-5-9)12(16)14-10-6-7-19(17,18)8-10/h9-10H,1-8H2,(H,13,15)(H,14,16). The Morgan fingerprint density at radius 2 is 1.42 bits per heavy atom. The summed E-state index contributed by atoms with van der Waals surface area (Å²) in [5.41, 5.74) is 0. The molecule has 0 aromatic heterocycles. The van der Waals surface area contributed by atoms with Gasteiger partial charge in [-0.15, -0.1) is 0 Å². The van der Waals surface area contributed by atoms with E-state index in [0.29, 0.717) is 6.42 Å². The smallest absolute Gasteiger partial charge is 0.309 e. The lowest BCUT2D eigenvalue weighted by Gasteiger charge is -2.22. The van der Waals surface area contributed by atoms with Gasteiger partial charge in [-0.05, 0) is 19.3 Å². The Balaban J connectivity index is 1.78. The Labute approximate surface area is 113 Å². The summed E-state index contributed by atoms with van der Waals surface area (Å²) in [6.07, 6.45) is 5.55. The highest BCUT2D eigenvalue weighted by atomic mass is 32.2. The lowest BCUT2D eigenvalue weighted by molar-refractivity contribution is -0.140. The maximum atomic E-state index is 11.7. The zero-order valence-corrected chi connectivity index (χ0v) is 11.7. The van der Waals surface area contributed by atoms with E-state index < -0.39 is 27.7 Å². The molecule has 108 valence electrons. The first-order valence-electron chi connectivity index (χ1n) is 6.78. The van der Waals surface area contributed by atoms with Crippen LogP contribution in [0.1, 0.15) is 38.5 Å². The summed E-state index contributed by atoms with van der Waals surface area (Å²) in [4.78, 5) is 23.4. The highest BCUT2D eigenvalue weighted by Gasteiger charge is 2.30. The summed E-state index contributed by atoms with van der Waals surface area (Å²) in [6.45, 7) is 0. The van der Waals surface area contributed by atoms with E-state index in [0.717, 1.165) is 25.7 Å². The van der Waals surface area contributed by atoms with Crippen LogP contribution in [-0.2, 0) is 19.4 Å². The second-order valence-electron chi connectivity index (χ2n) is 5.38. The summed E-state index contributed by atoms with van der Waals surface area (Å²) >= 11 is 0. The highest BCUT2D eigenvalue weighted by Crippen LogP contribution is 2.17. The SMILES string of the molecule is O=C(NC1CCCCC1)C(=O)NC1CCS(=O)(=O)C1. The lowest BCUT2D eigenvalue weighted by Crippen LogP contribution is -2.48. The van der Waals surface area contributed by atoms with E-state index in [1.807, 2.05) is 0 Å². The van der Waals surface area contributed by atoms with Crippen molar-refractivity contribution in [1.82, 2.24) is 10.6 Å². The zero-order valence-electron chi connectivity index (χ0n) is 10.9. The van der Waals surface area contributed by atoms with Gasteiger partial charge in [0.1, 0.15) is 0 Å². The topological polar surface area (TPSA) is 92.3 Å². The van der Waals surface area contributed by atoms with Gasteiger partial charge in [0.25, 0.3) is 0 Å². The fourth-order valence-electron chi connectivity index (χ4n) is 2.66. The van der Waals surface area contributed by atoms with Crippen molar-refractivity contribution in [2.75, 3.05) is 11.5 Å². The van der Waals surface area contributed by atoms with Crippen molar-refractivity contribution in [2.24, 2.45) is 0 Å². The maximum Gasteiger partial charge on any atom is 0.309 e. The molecular formula is C12H20N2O4S. The van der Waals surface area contributed by atoms with E-state index >= 15 is 0 Å². The van der Waals surface area contributed by atoms with Gasteiger partial charge in [0.2, 0.25) is 0 Å². The molecule has 1 saturated carbocycles. The minimum absolute atomic E-state index is 0.0601. The van der Waals surface area contributed by atoms with Crippen LogP contribution < -0.4 is 10.6 Å². The summed E-state index contributed by atoms with van der Waals surface area (Å²) < 4.78 is 22.5. The fourth-order valence-corrected chi connectivity index (χ4v) is 4.33. The van der Waals surface area contributed by atoms with Crippen molar-refractivity contribution in [3.8, 4) is 0 Å². The number of hydrogen-bond donors (Lipinski definition) is 2. The summed E-state index contributed by atoms with van der Waals surface area (Å²) in [5, 5.41) is 5.21. The Morgan fingerprint density at radius 3 is 1.95 bits per heavy atom. The molecule has 1 aliphatic carbocycles. The average Bonchev–Trinajstić information content (AvgIpc) is 2.70. The van der Waals surface area contributed by atoms with E-state index in [1.165, 1.54) is 6.42 Å². The summed E-state index contributed by atoms with van der Waals surface area (Å²) in [7, 11) is -3.04. The van der Waals surface area contributed by atoms with Crippen LogP contribution in [0.5, 0.6) is 0 Å². The molecule has 0 aromatic carbocycles. The predicted molar refractivity (Wildman–Crippen MR) is 70.2 cm³/mol. The maximum absolute atomic E-state index is 11.7. The van der Waals surface area contributed by atoms with Crippen LogP contribution in [0.3, 0.4) is 0 Å². The molecule has 6 nitrogen and oxygen atoms in total. The fraction of sp³-hybridized carbons (Fsp3) is 0.833. The van der Waals surface area contributed by atoms with E-state index in [9.17, 15) is 18.0 Å². The monoisotopic (exact) mass is 288 g/mol. The van der Waals surface area contributed by atoms with Gasteiger partial charge in [0.05, 0.1) is 11.5 Å². The molecule has 0 radical (unpaired) electrons. The van der Waals surface area contributed by atoms with Crippen molar-refractivity contribution in [2.45, 2.75) is 50.6 Å². The predicted octanol–water partition coefficient (Wildman–Crippen LogP) is -0.261. The third-order valence-electron chi connectivity index (χ3n) is 3.71. The van der Waals surface area contributed by atoms with Crippen LogP contribution in [0.25, 0.3) is 0 Å². The highest BCUT2D eigenvalue weighted by molar-refractivity contribution is 7.91. The first kappa shape index (κ1) is 14.3. The van der Waals surface area contributed by atoms with Crippen LogP contribution in [0.15, 0.2) is 0 Å². The number of amides is 2. The lowest BCUT2D eigenvalue weighted by atomic mass is 9.95. The Kier molecular flexibility index (Phi) is 4.44. The van der Waals surface area contributed by atoms with Crippen LogP contribution in [0, 0.1) is 0 Å². The molecule has 1 atom stereocenters. The molecule has 1 aliphatic heterocycles. The number of carbonyl (C=O) groups excluding carboxylic acids is 2. The molecule has 2 rings (SSSR count). The van der Waals surface area contributed by atoms with Crippen LogP contribution in [-0.4, -0.2) is 43.8 Å². The van der Waals surface area contributed by atoms with Crippen LogP contribution >= 0.6 is 0 Å². The third-order valence-corrected chi connectivity index (χ3v) is 5.48. The minimum atomic E-state index is -3.04. The van der Waals surface area contributed by atoms with E-state index in [4.69, 9.17) is 0 Å². The van der Waals surface area contributed by atoms with E-state index in [-0.39, 0.29) is 17.5 Å². The molecule has 1 saturated heterocycles. The van der Waals surface area contributed by atoms with Gasteiger partial charge < -0.3 is 10.6 Å². The van der Waals surface area contributed by atoms with Gasteiger partial charge in [-0.25, -0.2) is 8.42 Å². The second-order valence-corrected chi connectivity index (χ2v) is 7.61. The summed E-state index contributed by atoms with van der Waals surface area (Å²) in [6, 6.07) is -0.339. The van der Waals surface area contributed by atoms with Gasteiger partial charge in [0.15, 0.2) is 9.84 Å². The zero-order chi connectivity index (χ0) is 13.9. The molecule has 0 aromatic rings. The molecule has 2 aliphatic rings. The quantitative estimate of drug-likeness (QED) is 0.685. The number of sulfone groups is 1. The molecule has 0 bridgehead atoms. The van der Waals surface area contributed by atoms with Crippen molar-refractivity contribution in [3.63, 3.8) is 0 Å². The van der Waals surface area contributed by atoms with Crippen LogP contribution in [0.4, 0.5) is 0 Å². The number of hydrogen-bond acceptors (Lipinski definition) is 4. The average molecular weight is 288 g/mol. The first-order valence-corrected chi connectivity index (χ1v) is 8.60. The molecule has 2 amide bonds. The molecule has 0 spiro atoms. The molecule has 1 unspecified atom stereocenters. The number of carbonyl (C=O) groups is 2. The largest absolute Gasteiger partial charge is 0.345 e. The van der Waals surface area contributed by atoms with Gasteiger partial charge in [-0.3, -0.25) is 9.59 Å². The van der Waals surface area contributed by atoms with E-state index in [2.05, 4.69) is 10.6 Å². The third kappa shape index (κ3) is 4.19. The van der Waals surface area contributed by atoms with Crippen molar-refractivity contribution >= 4 is 21.7 Å². The van der Waals surface area contributed by atoms with Crippen molar-refractivity contribution < 1.29 is 18.0 Å². The van der Waals surface area contributed by atoms with E-state index in [1.54, 1.807) is 0 Å². The van der Waals surface area contributed by atoms with Crippen LogP contribution in [0.2, 0.25) is 0 Å². The molecular weight excluding hydrogens is 268 g/mol. The second kappa shape index (κ2) is 5.90. The first-order chi connectivity index (χ1) is 8.96. The Morgan fingerprint density at radius 1 is 0.842 bits per heavy atom. The van der Waals surface area contributed by atoms with Crippen molar-refractivity contribution in [3.05, 3.63) is 0 Å². The Hall–Kier alpha value is -1.11. The molecule has 2 N–H and O–H groups in total. The van der Waals surface area contributed by atoms with Crippen molar-refractivity contribution in [1.29, 1.82) is 0 Å². The minimum Gasteiger partial charge on any atom is -0.345 e. The summed E-state index contributed by atoms with van der Waals surface area (Å²) in [5.74, 6) is -1.33. The number of nitrogens with one attached hydrogen (secondary N) is 2. The van der Waals surface area contributed by atoms with Gasteiger partial charge in [-0.2, -0.15) is 0 Å². The molecule has 7 heteroatoms. The molecule has 19 heavy (non-hydrogen) atoms. The van der Waals surface area contributed by atoms with Gasteiger partial charge >= 0.3 is 11.8 Å². The normalized spacial score (nSPS) is 26.8. The molecule has 1 heterocycles. The van der Waals surface area contributed by atoms with Gasteiger partial charge in [0, 0.05) is 12.1 Å². The Bertz CT molecular complexity index is 454. The molecule has 2 fully saturated rings. The van der Waals surface area contributed by atoms with Gasteiger partial charge in [-0.1, -0.05) is 19.3 Å². The number of rotatable bonds is 2.